The van der Waals surface area contributed by atoms with Crippen LogP contribution in [0.4, 0.5) is 24.7 Å². The van der Waals surface area contributed by atoms with Gasteiger partial charge < -0.3 is 14.8 Å². The Balaban J connectivity index is 2.00. The minimum Gasteiger partial charge on any atom is -0.493 e. The number of fused-ring (bicyclic) bond motifs is 1. The number of hydrogen-bond donors (Lipinski definition) is 1. The number of nitrogens with zero attached hydrogens (tertiary/aromatic N) is 4. The van der Waals surface area contributed by atoms with Gasteiger partial charge in [0.05, 0.1) is 13.2 Å². The number of benzene rings is 1. The molecule has 0 saturated heterocycles. The summed E-state index contributed by atoms with van der Waals surface area (Å²) < 4.78 is 50.7. The Morgan fingerprint density at radius 2 is 1.85 bits per heavy atom. The lowest BCUT2D eigenvalue weighted by Gasteiger charge is -2.15. The maximum Gasteiger partial charge on any atom is 0.453 e. The van der Waals surface area contributed by atoms with Crippen molar-refractivity contribution in [2.24, 2.45) is 0 Å². The second-order valence-corrected chi connectivity index (χ2v) is 6.08. The summed E-state index contributed by atoms with van der Waals surface area (Å²) in [5.74, 6) is -0.0435. The maximum absolute atomic E-state index is 12.9. The second kappa shape index (κ2) is 6.93. The van der Waals surface area contributed by atoms with Crippen molar-refractivity contribution in [1.82, 2.24) is 19.6 Å². The summed E-state index contributed by atoms with van der Waals surface area (Å²) >= 11 is 0. The molecule has 0 atom stereocenters. The van der Waals surface area contributed by atoms with Crippen LogP contribution < -0.4 is 14.8 Å². The van der Waals surface area contributed by atoms with Crippen molar-refractivity contribution in [3.8, 4) is 11.5 Å². The molecule has 2 aromatic heterocycles. The molecular formula is C17H18F3N5O2. The molecule has 10 heteroatoms. The zero-order valence-corrected chi connectivity index (χ0v) is 15.1. The van der Waals surface area contributed by atoms with Crippen molar-refractivity contribution in [2.75, 3.05) is 12.4 Å². The third-order valence-electron chi connectivity index (χ3n) is 3.49. The first-order valence-corrected chi connectivity index (χ1v) is 8.10. The summed E-state index contributed by atoms with van der Waals surface area (Å²) in [5, 5.41) is 6.55. The molecular weight excluding hydrogens is 363 g/mol. The van der Waals surface area contributed by atoms with Gasteiger partial charge in [0, 0.05) is 23.5 Å². The van der Waals surface area contributed by atoms with E-state index in [1.54, 1.807) is 31.2 Å². The molecule has 27 heavy (non-hydrogen) atoms. The van der Waals surface area contributed by atoms with Gasteiger partial charge in [-0.15, -0.1) is 5.10 Å². The zero-order chi connectivity index (χ0) is 19.8. The minimum atomic E-state index is -4.65. The molecule has 0 amide bonds. The van der Waals surface area contributed by atoms with Crippen molar-refractivity contribution in [2.45, 2.75) is 33.1 Å². The number of aryl methyl sites for hydroxylation is 1. The van der Waals surface area contributed by atoms with Crippen LogP contribution in [0.3, 0.4) is 0 Å². The second-order valence-electron chi connectivity index (χ2n) is 6.08. The first-order chi connectivity index (χ1) is 12.7. The molecule has 1 N–H and O–H groups in total. The first kappa shape index (κ1) is 18.7. The Morgan fingerprint density at radius 3 is 2.48 bits per heavy atom. The topological polar surface area (TPSA) is 73.6 Å². The van der Waals surface area contributed by atoms with Crippen LogP contribution in [-0.2, 0) is 6.18 Å². The molecule has 0 radical (unpaired) electrons. The predicted octanol–water partition coefficient (Wildman–Crippen LogP) is 3.99. The van der Waals surface area contributed by atoms with Crippen LogP contribution in [0.1, 0.15) is 25.4 Å². The monoisotopic (exact) mass is 381 g/mol. The van der Waals surface area contributed by atoms with Crippen molar-refractivity contribution >= 4 is 17.3 Å². The molecule has 0 aliphatic carbocycles. The molecule has 3 aromatic rings. The molecule has 0 bridgehead atoms. The molecule has 2 heterocycles. The highest BCUT2D eigenvalue weighted by Gasteiger charge is 2.36. The Hall–Kier alpha value is -3.04. The van der Waals surface area contributed by atoms with Crippen LogP contribution in [0.5, 0.6) is 11.5 Å². The number of hydrogen-bond acceptors (Lipinski definition) is 6. The number of anilines is 2. The van der Waals surface area contributed by atoms with Crippen LogP contribution >= 0.6 is 0 Å². The lowest BCUT2D eigenvalue weighted by atomic mass is 10.2. The molecule has 0 fully saturated rings. The predicted molar refractivity (Wildman–Crippen MR) is 92.6 cm³/mol. The third kappa shape index (κ3) is 4.04. The number of halogens is 3. The van der Waals surface area contributed by atoms with E-state index < -0.39 is 12.0 Å². The Morgan fingerprint density at radius 1 is 1.11 bits per heavy atom. The fraction of sp³-hybridized carbons (Fsp3) is 0.353. The third-order valence-corrected chi connectivity index (χ3v) is 3.49. The van der Waals surface area contributed by atoms with E-state index in [-0.39, 0.29) is 11.9 Å². The first-order valence-electron chi connectivity index (χ1n) is 8.10. The summed E-state index contributed by atoms with van der Waals surface area (Å²) in [7, 11) is 1.51. The quantitative estimate of drug-likeness (QED) is 0.720. The number of ether oxygens (including phenoxy) is 2. The van der Waals surface area contributed by atoms with Crippen molar-refractivity contribution in [3.05, 3.63) is 35.8 Å². The zero-order valence-electron chi connectivity index (χ0n) is 15.1. The number of nitrogens with one attached hydrogen (secondary N) is 1. The van der Waals surface area contributed by atoms with E-state index in [1.165, 1.54) is 7.11 Å². The molecule has 0 aliphatic heterocycles. The highest BCUT2D eigenvalue weighted by Crippen LogP contribution is 2.33. The van der Waals surface area contributed by atoms with Crippen molar-refractivity contribution in [1.29, 1.82) is 0 Å². The number of aromatic nitrogens is 4. The Kier molecular flexibility index (Phi) is 4.81. The molecule has 7 nitrogen and oxygen atoms in total. The van der Waals surface area contributed by atoms with E-state index in [9.17, 15) is 13.2 Å². The van der Waals surface area contributed by atoms with E-state index in [4.69, 9.17) is 9.47 Å². The van der Waals surface area contributed by atoms with Gasteiger partial charge in [-0.25, -0.2) is 4.98 Å². The van der Waals surface area contributed by atoms with E-state index in [1.807, 2.05) is 13.8 Å². The lowest BCUT2D eigenvalue weighted by molar-refractivity contribution is -0.144. The fourth-order valence-corrected chi connectivity index (χ4v) is 2.44. The van der Waals surface area contributed by atoms with Crippen molar-refractivity contribution in [3.63, 3.8) is 0 Å². The van der Waals surface area contributed by atoms with E-state index in [2.05, 4.69) is 20.4 Å². The summed E-state index contributed by atoms with van der Waals surface area (Å²) in [4.78, 5) is 7.46. The molecule has 0 aliphatic rings. The summed E-state index contributed by atoms with van der Waals surface area (Å²) in [5.41, 5.74) is 1.08. The van der Waals surface area contributed by atoms with Gasteiger partial charge in [0.15, 0.2) is 11.5 Å². The standard InChI is InChI=1S/C17H18F3N5O2/c1-9(2)27-12-6-5-11(8-13(12)26-4)22-14-7-10(3)21-16-23-15(17(18,19)20)24-25(14)16/h5-9,22H,1-4H3. The van der Waals surface area contributed by atoms with Gasteiger partial charge >= 0.3 is 6.18 Å². The molecule has 144 valence electrons. The molecule has 0 unspecified atom stereocenters. The van der Waals surface area contributed by atoms with Gasteiger partial charge in [-0.05, 0) is 32.9 Å². The fourth-order valence-electron chi connectivity index (χ4n) is 2.44. The number of methoxy groups -OCH3 is 1. The largest absolute Gasteiger partial charge is 0.493 e. The molecule has 0 saturated carbocycles. The summed E-state index contributed by atoms with van der Waals surface area (Å²) in [6, 6.07) is 6.70. The summed E-state index contributed by atoms with van der Waals surface area (Å²) in [6.07, 6.45) is -4.69. The Bertz CT molecular complexity index is 969. The average molecular weight is 381 g/mol. The molecule has 0 spiro atoms. The minimum absolute atomic E-state index is 0.0314. The van der Waals surface area contributed by atoms with Gasteiger partial charge in [-0.2, -0.15) is 22.7 Å². The van der Waals surface area contributed by atoms with Gasteiger partial charge in [0.2, 0.25) is 0 Å². The van der Waals surface area contributed by atoms with Gasteiger partial charge in [-0.3, -0.25) is 0 Å². The van der Waals surface area contributed by atoms with Gasteiger partial charge in [-0.1, -0.05) is 0 Å². The smallest absolute Gasteiger partial charge is 0.453 e. The van der Waals surface area contributed by atoms with Gasteiger partial charge in [0.25, 0.3) is 11.6 Å². The van der Waals surface area contributed by atoms with Crippen LogP contribution in [-0.4, -0.2) is 32.8 Å². The highest BCUT2D eigenvalue weighted by atomic mass is 19.4. The normalized spacial score (nSPS) is 11.9. The number of alkyl halides is 3. The lowest BCUT2D eigenvalue weighted by Crippen LogP contribution is -2.08. The van der Waals surface area contributed by atoms with Crippen molar-refractivity contribution < 1.29 is 22.6 Å². The average Bonchev–Trinajstić information content (AvgIpc) is 3.00. The van der Waals surface area contributed by atoms with Crippen LogP contribution in [0.15, 0.2) is 24.3 Å². The summed E-state index contributed by atoms with van der Waals surface area (Å²) in [6.45, 7) is 5.45. The van der Waals surface area contributed by atoms with Crippen LogP contribution in [0.25, 0.3) is 5.78 Å². The Labute approximate surface area is 153 Å². The van der Waals surface area contributed by atoms with Crippen LogP contribution in [0, 0.1) is 6.92 Å². The van der Waals surface area contributed by atoms with Gasteiger partial charge in [0.1, 0.15) is 5.82 Å². The van der Waals surface area contributed by atoms with E-state index in [0.29, 0.717) is 28.7 Å². The van der Waals surface area contributed by atoms with E-state index in [0.717, 1.165) is 4.52 Å². The maximum atomic E-state index is 12.9. The highest BCUT2D eigenvalue weighted by molar-refractivity contribution is 5.63. The van der Waals surface area contributed by atoms with Crippen LogP contribution in [0.2, 0.25) is 0 Å². The SMILES string of the molecule is COc1cc(Nc2cc(C)nc3nc(C(F)(F)F)nn23)ccc1OC(C)C. The van der Waals surface area contributed by atoms with E-state index >= 15 is 0 Å². The number of rotatable bonds is 5. The molecule has 1 aromatic carbocycles. The molecule has 3 rings (SSSR count).